The van der Waals surface area contributed by atoms with Crippen LogP contribution in [0.5, 0.6) is 0 Å². The Kier molecular flexibility index (Phi) is 5.91. The van der Waals surface area contributed by atoms with Crippen molar-refractivity contribution in [3.05, 3.63) is 26.7 Å². The number of nitrogens with one attached hydrogen (secondary N) is 1. The van der Waals surface area contributed by atoms with E-state index in [1.165, 1.54) is 12.1 Å². The zero-order valence-corrected chi connectivity index (χ0v) is 13.4. The van der Waals surface area contributed by atoms with Crippen LogP contribution in [0, 0.1) is 0 Å². The van der Waals surface area contributed by atoms with Crippen molar-refractivity contribution in [3.63, 3.8) is 0 Å². The average Bonchev–Trinajstić information content (AvgIpc) is 2.22. The summed E-state index contributed by atoms with van der Waals surface area (Å²) >= 11 is 15.0. The smallest absolute Gasteiger partial charge is 0.303 e. The molecule has 1 aromatic carbocycles. The molecule has 9 heteroatoms. The number of carboxylic acids is 1. The number of carbonyl (C=O) groups is 1. The highest BCUT2D eigenvalue weighted by molar-refractivity contribution is 9.10. The Morgan fingerprint density at radius 1 is 1.32 bits per heavy atom. The number of aliphatic carboxylic acids is 1. The lowest BCUT2D eigenvalue weighted by Crippen LogP contribution is -2.18. The Morgan fingerprint density at radius 3 is 2.32 bits per heavy atom. The van der Waals surface area contributed by atoms with Crippen LogP contribution < -0.4 is 4.72 Å². The molecule has 0 aliphatic rings. The predicted molar refractivity (Wildman–Crippen MR) is 78.4 cm³/mol. The minimum Gasteiger partial charge on any atom is -0.481 e. The molecule has 5 nitrogen and oxygen atoms in total. The lowest BCUT2D eigenvalue weighted by Gasteiger charge is -2.11. The van der Waals surface area contributed by atoms with Gasteiger partial charge in [0.2, 0.25) is 10.0 Å². The standard InChI is InChI=1S/C10H10BrCl2NO4S/c11-6-4-7(12)10(8(13)5-6)14-19(17,18)3-1-2-9(15)16/h4-5,14H,1-3H2,(H,15,16). The summed E-state index contributed by atoms with van der Waals surface area (Å²) in [6.45, 7) is 0. The van der Waals surface area contributed by atoms with E-state index in [4.69, 9.17) is 28.3 Å². The second-order valence-electron chi connectivity index (χ2n) is 3.66. The van der Waals surface area contributed by atoms with Gasteiger partial charge in [0, 0.05) is 10.9 Å². The van der Waals surface area contributed by atoms with Crippen LogP contribution in [-0.2, 0) is 14.8 Å². The first kappa shape index (κ1) is 16.6. The zero-order valence-electron chi connectivity index (χ0n) is 9.49. The fourth-order valence-electron chi connectivity index (χ4n) is 1.26. The third kappa shape index (κ3) is 5.56. The maximum atomic E-state index is 11.7. The number of halogens is 3. The van der Waals surface area contributed by atoms with Crippen LogP contribution in [0.1, 0.15) is 12.8 Å². The first-order valence-corrected chi connectivity index (χ1v) is 8.28. The summed E-state index contributed by atoms with van der Waals surface area (Å²) in [7, 11) is -3.69. The van der Waals surface area contributed by atoms with Crippen molar-refractivity contribution in [1.82, 2.24) is 0 Å². The normalized spacial score (nSPS) is 11.3. The molecule has 0 atom stereocenters. The molecule has 0 amide bonds. The number of hydrogen-bond acceptors (Lipinski definition) is 3. The predicted octanol–water partition coefficient (Wildman–Crippen LogP) is 3.36. The molecule has 0 heterocycles. The van der Waals surface area contributed by atoms with Gasteiger partial charge in [-0.15, -0.1) is 0 Å². The Hall–Kier alpha value is -0.500. The molecule has 0 spiro atoms. The fraction of sp³-hybridized carbons (Fsp3) is 0.300. The van der Waals surface area contributed by atoms with Crippen molar-refractivity contribution in [2.45, 2.75) is 12.8 Å². The number of anilines is 1. The number of hydrogen-bond donors (Lipinski definition) is 2. The highest BCUT2D eigenvalue weighted by Gasteiger charge is 2.16. The Balaban J connectivity index is 2.81. The second kappa shape index (κ2) is 6.78. The highest BCUT2D eigenvalue weighted by atomic mass is 79.9. The molecular formula is C10H10BrCl2NO4S. The van der Waals surface area contributed by atoms with Crippen LogP contribution in [0.4, 0.5) is 5.69 Å². The summed E-state index contributed by atoms with van der Waals surface area (Å²) in [5.41, 5.74) is 0.0851. The van der Waals surface area contributed by atoms with Crippen molar-refractivity contribution in [3.8, 4) is 0 Å². The number of benzene rings is 1. The molecule has 0 aromatic heterocycles. The van der Waals surface area contributed by atoms with Gasteiger partial charge in [-0.1, -0.05) is 39.1 Å². The Labute approximate surface area is 129 Å². The minimum absolute atomic E-state index is 0.0103. The summed E-state index contributed by atoms with van der Waals surface area (Å²) in [4.78, 5) is 10.3. The van der Waals surface area contributed by atoms with E-state index in [0.717, 1.165) is 0 Å². The van der Waals surface area contributed by atoms with Crippen molar-refractivity contribution in [1.29, 1.82) is 0 Å². The molecule has 0 unspecified atom stereocenters. The fourth-order valence-corrected chi connectivity index (χ4v) is 3.83. The highest BCUT2D eigenvalue weighted by Crippen LogP contribution is 2.34. The molecule has 19 heavy (non-hydrogen) atoms. The molecule has 106 valence electrons. The van der Waals surface area contributed by atoms with Gasteiger partial charge in [0.15, 0.2) is 0 Å². The molecule has 0 radical (unpaired) electrons. The molecular weight excluding hydrogens is 381 g/mol. The van der Waals surface area contributed by atoms with Gasteiger partial charge in [0.05, 0.1) is 21.5 Å². The van der Waals surface area contributed by atoms with Crippen molar-refractivity contribution in [2.24, 2.45) is 0 Å². The van der Waals surface area contributed by atoms with E-state index in [1.54, 1.807) is 0 Å². The van der Waals surface area contributed by atoms with Crippen molar-refractivity contribution in [2.75, 3.05) is 10.5 Å². The average molecular weight is 391 g/mol. The van der Waals surface area contributed by atoms with E-state index < -0.39 is 16.0 Å². The van der Waals surface area contributed by atoms with Gasteiger partial charge in [0.1, 0.15) is 0 Å². The van der Waals surface area contributed by atoms with Gasteiger partial charge < -0.3 is 5.11 Å². The molecule has 0 saturated heterocycles. The molecule has 0 aliphatic heterocycles. The maximum absolute atomic E-state index is 11.7. The summed E-state index contributed by atoms with van der Waals surface area (Å²) in [5, 5.41) is 8.76. The molecule has 2 N–H and O–H groups in total. The number of sulfonamides is 1. The summed E-state index contributed by atoms with van der Waals surface area (Å²) in [6.07, 6.45) is -0.209. The third-order valence-corrected chi connectivity index (χ3v) is 4.46. The third-order valence-electron chi connectivity index (χ3n) is 2.07. The molecule has 0 aliphatic carbocycles. The summed E-state index contributed by atoms with van der Waals surface area (Å²) in [6, 6.07) is 3.01. The van der Waals surface area contributed by atoms with Gasteiger partial charge in [-0.2, -0.15) is 0 Å². The van der Waals surface area contributed by atoms with E-state index in [1.807, 2.05) is 0 Å². The van der Waals surface area contributed by atoms with E-state index in [9.17, 15) is 13.2 Å². The first-order valence-electron chi connectivity index (χ1n) is 5.08. The lowest BCUT2D eigenvalue weighted by molar-refractivity contribution is -0.137. The minimum atomic E-state index is -3.69. The van der Waals surface area contributed by atoms with E-state index in [-0.39, 0.29) is 34.3 Å². The second-order valence-corrected chi connectivity index (χ2v) is 7.23. The van der Waals surface area contributed by atoms with Gasteiger partial charge in [-0.3, -0.25) is 9.52 Å². The van der Waals surface area contributed by atoms with Gasteiger partial charge in [-0.05, 0) is 18.6 Å². The monoisotopic (exact) mass is 389 g/mol. The Bertz CT molecular complexity index is 568. The van der Waals surface area contributed by atoms with Crippen LogP contribution in [0.2, 0.25) is 10.0 Å². The van der Waals surface area contributed by atoms with Gasteiger partial charge in [0.25, 0.3) is 0 Å². The largest absolute Gasteiger partial charge is 0.481 e. The van der Waals surface area contributed by atoms with Crippen LogP contribution in [0.25, 0.3) is 0 Å². The topological polar surface area (TPSA) is 83.5 Å². The van der Waals surface area contributed by atoms with Crippen LogP contribution in [0.15, 0.2) is 16.6 Å². The number of carboxylic acid groups (broad SMARTS) is 1. The van der Waals surface area contributed by atoms with E-state index >= 15 is 0 Å². The van der Waals surface area contributed by atoms with Crippen molar-refractivity contribution >= 4 is 60.8 Å². The van der Waals surface area contributed by atoms with Crippen LogP contribution >= 0.6 is 39.1 Å². The molecule has 0 fully saturated rings. The molecule has 1 aromatic rings. The van der Waals surface area contributed by atoms with Crippen molar-refractivity contribution < 1.29 is 18.3 Å². The maximum Gasteiger partial charge on any atom is 0.303 e. The van der Waals surface area contributed by atoms with E-state index in [2.05, 4.69) is 20.7 Å². The lowest BCUT2D eigenvalue weighted by atomic mass is 10.3. The van der Waals surface area contributed by atoms with Gasteiger partial charge in [-0.25, -0.2) is 8.42 Å². The summed E-state index contributed by atoms with van der Waals surface area (Å²) < 4.78 is 26.3. The van der Waals surface area contributed by atoms with Crippen LogP contribution in [0.3, 0.4) is 0 Å². The summed E-state index contributed by atoms with van der Waals surface area (Å²) in [5.74, 6) is -1.36. The SMILES string of the molecule is O=C(O)CCCS(=O)(=O)Nc1c(Cl)cc(Br)cc1Cl. The van der Waals surface area contributed by atoms with Crippen LogP contribution in [-0.4, -0.2) is 25.2 Å². The molecule has 0 saturated carbocycles. The first-order chi connectivity index (χ1) is 8.71. The molecule has 1 rings (SSSR count). The Morgan fingerprint density at radius 2 is 1.84 bits per heavy atom. The quantitative estimate of drug-likeness (QED) is 0.779. The van der Waals surface area contributed by atoms with Gasteiger partial charge >= 0.3 is 5.97 Å². The molecule has 0 bridgehead atoms. The van der Waals surface area contributed by atoms with E-state index in [0.29, 0.717) is 4.47 Å². The zero-order chi connectivity index (χ0) is 14.6. The number of rotatable bonds is 6.